The lowest BCUT2D eigenvalue weighted by Gasteiger charge is -2.37. The van der Waals surface area contributed by atoms with Crippen LogP contribution in [0.3, 0.4) is 0 Å². The molecule has 2 nitrogen and oxygen atoms in total. The van der Waals surface area contributed by atoms with E-state index in [0.717, 1.165) is 38.9 Å². The fourth-order valence-corrected chi connectivity index (χ4v) is 7.05. The summed E-state index contributed by atoms with van der Waals surface area (Å²) in [5, 5.41) is 0. The molecule has 3 unspecified atom stereocenters. The molecule has 0 saturated carbocycles. The third-order valence-corrected chi connectivity index (χ3v) is 8.01. The van der Waals surface area contributed by atoms with Gasteiger partial charge in [0.15, 0.2) is 11.6 Å². The van der Waals surface area contributed by atoms with Gasteiger partial charge in [-0.05, 0) is 27.8 Å². The Morgan fingerprint density at radius 3 is 1.88 bits per heavy atom. The summed E-state index contributed by atoms with van der Waals surface area (Å²) >= 11 is 0. The molecule has 0 saturated heterocycles. The van der Waals surface area contributed by atoms with Gasteiger partial charge in [0, 0.05) is 23.0 Å². The van der Waals surface area contributed by atoms with E-state index < -0.39 is 10.8 Å². The maximum atomic E-state index is 14.3. The second-order valence-electron chi connectivity index (χ2n) is 9.18. The minimum Gasteiger partial charge on any atom is -0.294 e. The van der Waals surface area contributed by atoms with E-state index in [1.165, 1.54) is 0 Å². The number of fused-ring (bicyclic) bond motifs is 9. The van der Waals surface area contributed by atoms with Crippen LogP contribution >= 0.6 is 0 Å². The Hall–Kier alpha value is -3.78. The molecule has 3 aliphatic rings. The first-order valence-corrected chi connectivity index (χ1v) is 11.1. The second kappa shape index (κ2) is 5.92. The van der Waals surface area contributed by atoms with E-state index >= 15 is 0 Å². The van der Waals surface area contributed by atoms with Crippen molar-refractivity contribution >= 4 is 11.6 Å². The quantitative estimate of drug-likeness (QED) is 0.401. The molecule has 2 heteroatoms. The van der Waals surface area contributed by atoms with Crippen molar-refractivity contribution < 1.29 is 9.59 Å². The third kappa shape index (κ3) is 1.80. The van der Waals surface area contributed by atoms with E-state index in [1.54, 1.807) is 0 Å². The molecular formula is C30H20O2. The van der Waals surface area contributed by atoms with E-state index in [0.29, 0.717) is 6.42 Å². The van der Waals surface area contributed by atoms with Crippen molar-refractivity contribution in [2.45, 2.75) is 17.3 Å². The molecule has 0 bridgehead atoms. The Bertz CT molecular complexity index is 1450. The Kier molecular flexibility index (Phi) is 3.30. The normalized spacial score (nSPS) is 26.7. The highest BCUT2D eigenvalue weighted by Crippen LogP contribution is 2.69. The fourth-order valence-electron chi connectivity index (χ4n) is 7.05. The Balaban J connectivity index is 1.69. The van der Waals surface area contributed by atoms with E-state index in [-0.39, 0.29) is 17.5 Å². The van der Waals surface area contributed by atoms with E-state index in [9.17, 15) is 9.59 Å². The van der Waals surface area contributed by atoms with E-state index in [1.807, 2.05) is 60.7 Å². The molecule has 3 atom stereocenters. The van der Waals surface area contributed by atoms with Gasteiger partial charge in [-0.1, -0.05) is 103 Å². The van der Waals surface area contributed by atoms with Gasteiger partial charge in [-0.2, -0.15) is 0 Å². The molecule has 7 rings (SSSR count). The maximum Gasteiger partial charge on any atom is 0.169 e. The van der Waals surface area contributed by atoms with Crippen LogP contribution in [0, 0.1) is 5.92 Å². The summed E-state index contributed by atoms with van der Waals surface area (Å²) in [5.41, 5.74) is 5.73. The molecule has 0 heterocycles. The minimum atomic E-state index is -0.657. The van der Waals surface area contributed by atoms with Crippen molar-refractivity contribution in [3.63, 3.8) is 0 Å². The van der Waals surface area contributed by atoms with Crippen molar-refractivity contribution in [2.24, 2.45) is 5.92 Å². The van der Waals surface area contributed by atoms with Crippen LogP contribution in [-0.2, 0) is 10.8 Å². The number of hydrogen-bond acceptors (Lipinski definition) is 2. The number of ketones is 2. The molecule has 152 valence electrons. The van der Waals surface area contributed by atoms with Crippen LogP contribution in [0.2, 0.25) is 0 Å². The summed E-state index contributed by atoms with van der Waals surface area (Å²) in [5.74, 6) is -0.118. The molecular weight excluding hydrogens is 392 g/mol. The highest BCUT2D eigenvalue weighted by Gasteiger charge is 2.70. The largest absolute Gasteiger partial charge is 0.294 e. The molecule has 1 spiro atoms. The lowest BCUT2D eigenvalue weighted by molar-refractivity contribution is 0.0849. The summed E-state index contributed by atoms with van der Waals surface area (Å²) in [7, 11) is 0. The van der Waals surface area contributed by atoms with Crippen LogP contribution in [0.5, 0.6) is 0 Å². The van der Waals surface area contributed by atoms with Crippen molar-refractivity contribution in [1.82, 2.24) is 0 Å². The van der Waals surface area contributed by atoms with Crippen molar-refractivity contribution in [3.8, 4) is 0 Å². The number of benzene rings is 4. The van der Waals surface area contributed by atoms with Gasteiger partial charge >= 0.3 is 0 Å². The van der Waals surface area contributed by atoms with E-state index in [4.69, 9.17) is 0 Å². The number of rotatable bonds is 1. The van der Waals surface area contributed by atoms with Crippen molar-refractivity contribution in [2.75, 3.05) is 0 Å². The predicted molar refractivity (Wildman–Crippen MR) is 123 cm³/mol. The molecule has 32 heavy (non-hydrogen) atoms. The number of carbonyl (C=O) groups excluding carboxylic acids is 2. The number of carbonyl (C=O) groups is 2. The summed E-state index contributed by atoms with van der Waals surface area (Å²) in [6.07, 6.45) is 0.336. The monoisotopic (exact) mass is 412 g/mol. The average Bonchev–Trinajstić information content (AvgIpc) is 3.40. The lowest BCUT2D eigenvalue weighted by atomic mass is 9.61. The van der Waals surface area contributed by atoms with Gasteiger partial charge in [-0.25, -0.2) is 0 Å². The Labute approximate surface area is 186 Å². The molecule has 0 N–H and O–H groups in total. The molecule has 0 fully saturated rings. The average molecular weight is 412 g/mol. The zero-order chi connectivity index (χ0) is 21.5. The van der Waals surface area contributed by atoms with Crippen molar-refractivity contribution in [1.29, 1.82) is 0 Å². The Morgan fingerprint density at radius 2 is 1.12 bits per heavy atom. The van der Waals surface area contributed by atoms with Gasteiger partial charge in [0.25, 0.3) is 0 Å². The number of hydrogen-bond donors (Lipinski definition) is 0. The zero-order valence-corrected chi connectivity index (χ0v) is 17.4. The van der Waals surface area contributed by atoms with E-state index in [2.05, 4.69) is 42.5 Å². The predicted octanol–water partition coefficient (Wildman–Crippen LogP) is 5.72. The third-order valence-electron chi connectivity index (χ3n) is 8.01. The van der Waals surface area contributed by atoms with Crippen LogP contribution in [-0.4, -0.2) is 11.6 Å². The molecule has 4 aromatic rings. The van der Waals surface area contributed by atoms with Crippen LogP contribution in [0.25, 0.3) is 0 Å². The summed E-state index contributed by atoms with van der Waals surface area (Å²) in [4.78, 5) is 27.6. The van der Waals surface area contributed by atoms with Gasteiger partial charge in [-0.3, -0.25) is 9.59 Å². The van der Waals surface area contributed by atoms with Gasteiger partial charge in [0.2, 0.25) is 0 Å². The lowest BCUT2D eigenvalue weighted by Crippen LogP contribution is -2.42. The fraction of sp³-hybridized carbons (Fsp3) is 0.133. The number of Topliss-reactive ketones (excluding diaryl/α,β-unsaturated/α-hetero) is 2. The molecule has 0 aromatic heterocycles. The Morgan fingerprint density at radius 1 is 0.562 bits per heavy atom. The van der Waals surface area contributed by atoms with Gasteiger partial charge in [0.1, 0.15) is 0 Å². The van der Waals surface area contributed by atoms with Gasteiger partial charge in [0.05, 0.1) is 11.3 Å². The van der Waals surface area contributed by atoms with Crippen LogP contribution < -0.4 is 0 Å². The van der Waals surface area contributed by atoms with Crippen LogP contribution in [0.1, 0.15) is 55.0 Å². The SMILES string of the molecule is O=C1CC2(c3ccccc31)c1ccccc1C1(c3ccccc3)c3ccccc3C(=O)C21. The maximum absolute atomic E-state index is 14.3. The second-order valence-corrected chi connectivity index (χ2v) is 9.18. The molecule has 0 aliphatic heterocycles. The summed E-state index contributed by atoms with van der Waals surface area (Å²) < 4.78 is 0. The van der Waals surface area contributed by atoms with Gasteiger partial charge in [-0.15, -0.1) is 0 Å². The smallest absolute Gasteiger partial charge is 0.169 e. The zero-order valence-electron chi connectivity index (χ0n) is 17.4. The molecule has 0 radical (unpaired) electrons. The summed E-state index contributed by atoms with van der Waals surface area (Å²) in [6.45, 7) is 0. The summed E-state index contributed by atoms with van der Waals surface area (Å²) in [6, 6.07) is 34.8. The first kappa shape index (κ1) is 17.9. The highest BCUT2D eigenvalue weighted by molar-refractivity contribution is 6.12. The van der Waals surface area contributed by atoms with Crippen molar-refractivity contribution in [3.05, 3.63) is 142 Å². The standard InChI is InChI=1S/C30H20O2/c31-26-18-29(22-14-6-4-12-20(22)26)24-16-8-9-17-25(24)30(19-10-2-1-3-11-19)23-15-7-5-13-21(23)27(32)28(29)30/h1-17,28H,18H2. The minimum absolute atomic E-state index is 0.128. The molecule has 3 aliphatic carbocycles. The highest BCUT2D eigenvalue weighted by atomic mass is 16.1. The van der Waals surface area contributed by atoms with Crippen LogP contribution in [0.15, 0.2) is 103 Å². The first-order valence-electron chi connectivity index (χ1n) is 11.1. The first-order chi connectivity index (χ1) is 15.7. The van der Waals surface area contributed by atoms with Gasteiger partial charge < -0.3 is 0 Å². The van der Waals surface area contributed by atoms with Crippen LogP contribution in [0.4, 0.5) is 0 Å². The molecule has 4 aromatic carbocycles. The topological polar surface area (TPSA) is 34.1 Å². The molecule has 0 amide bonds.